The first-order valence-electron chi connectivity index (χ1n) is 8.10. The lowest BCUT2D eigenvalue weighted by atomic mass is 10.2. The average molecular weight is 343 g/mol. The van der Waals surface area contributed by atoms with Crippen LogP contribution in [0, 0.1) is 18.3 Å². The molecule has 1 aliphatic rings. The molecule has 3 amide bonds. The van der Waals surface area contributed by atoms with Crippen molar-refractivity contribution in [3.05, 3.63) is 29.1 Å². The van der Waals surface area contributed by atoms with Crippen LogP contribution >= 0.6 is 0 Å². The van der Waals surface area contributed by atoms with Crippen LogP contribution in [0.5, 0.6) is 0 Å². The van der Waals surface area contributed by atoms with Gasteiger partial charge < -0.3 is 15.1 Å². The van der Waals surface area contributed by atoms with Crippen LogP contribution in [-0.2, 0) is 9.59 Å². The monoisotopic (exact) mass is 343 g/mol. The lowest BCUT2D eigenvalue weighted by molar-refractivity contribution is -0.147. The van der Waals surface area contributed by atoms with Crippen molar-refractivity contribution >= 4 is 17.7 Å². The molecule has 1 N–H and O–H groups in total. The Morgan fingerprint density at radius 1 is 1.16 bits per heavy atom. The first-order valence-corrected chi connectivity index (χ1v) is 8.10. The van der Waals surface area contributed by atoms with Gasteiger partial charge in [0.25, 0.3) is 5.91 Å². The van der Waals surface area contributed by atoms with Crippen LogP contribution in [0.1, 0.15) is 35.6 Å². The fourth-order valence-corrected chi connectivity index (χ4v) is 2.54. The summed E-state index contributed by atoms with van der Waals surface area (Å²) in [5.41, 5.74) is 1.21. The van der Waals surface area contributed by atoms with E-state index >= 15 is 0 Å². The molecular weight excluding hydrogens is 322 g/mol. The molecule has 0 unspecified atom stereocenters. The van der Waals surface area contributed by atoms with Crippen molar-refractivity contribution in [1.29, 1.82) is 5.26 Å². The zero-order valence-electron chi connectivity index (χ0n) is 14.6. The Balaban J connectivity index is 1.96. The number of carbonyl (C=O) groups excluding carboxylic acids is 3. The minimum atomic E-state index is -0.626. The maximum atomic E-state index is 12.5. The van der Waals surface area contributed by atoms with Crippen LogP contribution < -0.4 is 5.32 Å². The van der Waals surface area contributed by atoms with Crippen LogP contribution in [0.3, 0.4) is 0 Å². The number of nitrogens with zero attached hydrogens (tertiary/aromatic N) is 4. The summed E-state index contributed by atoms with van der Waals surface area (Å²) >= 11 is 0. The number of amides is 3. The van der Waals surface area contributed by atoms with E-state index in [9.17, 15) is 14.4 Å². The highest BCUT2D eigenvalue weighted by Gasteiger charge is 2.28. The van der Waals surface area contributed by atoms with Crippen molar-refractivity contribution in [1.82, 2.24) is 20.1 Å². The van der Waals surface area contributed by atoms with Gasteiger partial charge >= 0.3 is 11.8 Å². The van der Waals surface area contributed by atoms with Gasteiger partial charge in [0.05, 0.1) is 11.3 Å². The number of piperazine rings is 1. The number of hydrogen-bond donors (Lipinski definition) is 1. The van der Waals surface area contributed by atoms with Crippen LogP contribution in [0.4, 0.5) is 0 Å². The summed E-state index contributed by atoms with van der Waals surface area (Å²) in [5.74, 6) is -1.45. The van der Waals surface area contributed by atoms with E-state index in [2.05, 4.69) is 10.3 Å². The highest BCUT2D eigenvalue weighted by atomic mass is 16.2. The molecule has 132 valence electrons. The zero-order chi connectivity index (χ0) is 18.6. The smallest absolute Gasteiger partial charge is 0.312 e. The van der Waals surface area contributed by atoms with E-state index in [1.54, 1.807) is 31.7 Å². The van der Waals surface area contributed by atoms with Crippen LogP contribution in [0.25, 0.3) is 0 Å². The summed E-state index contributed by atoms with van der Waals surface area (Å²) in [6.45, 7) is 6.51. The molecular formula is C17H21N5O3. The predicted molar refractivity (Wildman–Crippen MR) is 89.5 cm³/mol. The van der Waals surface area contributed by atoms with Gasteiger partial charge in [-0.2, -0.15) is 5.26 Å². The molecule has 0 bridgehead atoms. The summed E-state index contributed by atoms with van der Waals surface area (Å²) in [4.78, 5) is 43.6. The Morgan fingerprint density at radius 3 is 2.28 bits per heavy atom. The largest absolute Gasteiger partial charge is 0.346 e. The first-order chi connectivity index (χ1) is 11.8. The Kier molecular flexibility index (Phi) is 5.70. The third-order valence-electron chi connectivity index (χ3n) is 3.89. The quantitative estimate of drug-likeness (QED) is 0.765. The topological polar surface area (TPSA) is 106 Å². The van der Waals surface area contributed by atoms with Gasteiger partial charge in [-0.15, -0.1) is 0 Å². The molecule has 1 aromatic rings. The SMILES string of the molecule is Cc1nc(C(=O)N2CCN(C(=O)C(=O)NC(C)C)CC2)ccc1C#N. The molecule has 1 saturated heterocycles. The number of nitriles is 1. The van der Waals surface area contributed by atoms with Crippen LogP contribution in [-0.4, -0.2) is 64.7 Å². The van der Waals surface area contributed by atoms with Crippen molar-refractivity contribution in [2.24, 2.45) is 0 Å². The van der Waals surface area contributed by atoms with Gasteiger partial charge in [-0.3, -0.25) is 14.4 Å². The Bertz CT molecular complexity index is 730. The molecule has 0 aromatic carbocycles. The summed E-state index contributed by atoms with van der Waals surface area (Å²) in [5, 5.41) is 11.5. The summed E-state index contributed by atoms with van der Waals surface area (Å²) in [7, 11) is 0. The van der Waals surface area contributed by atoms with Gasteiger partial charge in [0.15, 0.2) is 0 Å². The van der Waals surface area contributed by atoms with E-state index in [-0.39, 0.29) is 17.6 Å². The number of nitrogens with one attached hydrogen (secondary N) is 1. The molecule has 2 heterocycles. The van der Waals surface area contributed by atoms with Gasteiger partial charge in [-0.25, -0.2) is 4.98 Å². The molecule has 0 radical (unpaired) electrons. The second-order valence-electron chi connectivity index (χ2n) is 6.15. The van der Waals surface area contributed by atoms with Crippen molar-refractivity contribution in [2.45, 2.75) is 26.8 Å². The van der Waals surface area contributed by atoms with E-state index in [4.69, 9.17) is 5.26 Å². The second-order valence-corrected chi connectivity index (χ2v) is 6.15. The molecule has 0 atom stereocenters. The maximum absolute atomic E-state index is 12.5. The third-order valence-corrected chi connectivity index (χ3v) is 3.89. The number of carbonyl (C=O) groups is 3. The van der Waals surface area contributed by atoms with Gasteiger partial charge in [-0.05, 0) is 32.9 Å². The zero-order valence-corrected chi connectivity index (χ0v) is 14.6. The maximum Gasteiger partial charge on any atom is 0.312 e. The Morgan fingerprint density at radius 2 is 1.76 bits per heavy atom. The first kappa shape index (κ1) is 18.4. The molecule has 8 nitrogen and oxygen atoms in total. The fraction of sp³-hybridized carbons (Fsp3) is 0.471. The third kappa shape index (κ3) is 4.32. The molecule has 2 rings (SSSR count). The van der Waals surface area contributed by atoms with Gasteiger partial charge in [-0.1, -0.05) is 0 Å². The average Bonchev–Trinajstić information content (AvgIpc) is 2.60. The lowest BCUT2D eigenvalue weighted by Gasteiger charge is -2.34. The number of rotatable bonds is 2. The van der Waals surface area contributed by atoms with Crippen LogP contribution in [0.15, 0.2) is 12.1 Å². The molecule has 8 heteroatoms. The standard InChI is InChI=1S/C17H21N5O3/c1-11(2)19-15(23)17(25)22-8-6-21(7-9-22)16(24)14-5-4-13(10-18)12(3)20-14/h4-5,11H,6-9H2,1-3H3,(H,19,23). The van der Waals surface area contributed by atoms with E-state index in [1.165, 1.54) is 11.0 Å². The fourth-order valence-electron chi connectivity index (χ4n) is 2.54. The van der Waals surface area contributed by atoms with Gasteiger partial charge in [0, 0.05) is 32.2 Å². The Labute approximate surface area is 146 Å². The van der Waals surface area contributed by atoms with Crippen molar-refractivity contribution in [2.75, 3.05) is 26.2 Å². The summed E-state index contributed by atoms with van der Waals surface area (Å²) in [6, 6.07) is 5.01. The molecule has 25 heavy (non-hydrogen) atoms. The van der Waals surface area contributed by atoms with Crippen molar-refractivity contribution in [3.63, 3.8) is 0 Å². The van der Waals surface area contributed by atoms with Gasteiger partial charge in [0.1, 0.15) is 11.8 Å². The predicted octanol–water partition coefficient (Wildman–Crippen LogP) is 0.0707. The molecule has 0 saturated carbocycles. The van der Waals surface area contributed by atoms with E-state index < -0.39 is 11.8 Å². The molecule has 1 fully saturated rings. The van der Waals surface area contributed by atoms with E-state index in [0.29, 0.717) is 37.4 Å². The normalized spacial score (nSPS) is 14.2. The minimum absolute atomic E-state index is 0.106. The van der Waals surface area contributed by atoms with Crippen LogP contribution in [0.2, 0.25) is 0 Å². The number of aromatic nitrogens is 1. The van der Waals surface area contributed by atoms with Gasteiger partial charge in [0.2, 0.25) is 0 Å². The highest BCUT2D eigenvalue weighted by molar-refractivity contribution is 6.35. The molecule has 0 aliphatic carbocycles. The summed E-state index contributed by atoms with van der Waals surface area (Å²) < 4.78 is 0. The molecule has 0 spiro atoms. The lowest BCUT2D eigenvalue weighted by Crippen LogP contribution is -2.54. The van der Waals surface area contributed by atoms with Crippen molar-refractivity contribution in [3.8, 4) is 6.07 Å². The highest BCUT2D eigenvalue weighted by Crippen LogP contribution is 2.10. The second kappa shape index (κ2) is 7.75. The van der Waals surface area contributed by atoms with E-state index in [0.717, 1.165) is 0 Å². The molecule has 1 aromatic heterocycles. The van der Waals surface area contributed by atoms with Crippen molar-refractivity contribution < 1.29 is 14.4 Å². The number of aryl methyl sites for hydroxylation is 1. The Hall–Kier alpha value is -2.95. The number of hydrogen-bond acceptors (Lipinski definition) is 5. The summed E-state index contributed by atoms with van der Waals surface area (Å²) in [6.07, 6.45) is 0. The number of pyridine rings is 1. The molecule has 1 aliphatic heterocycles. The minimum Gasteiger partial charge on any atom is -0.346 e. The van der Waals surface area contributed by atoms with E-state index in [1.807, 2.05) is 6.07 Å².